The summed E-state index contributed by atoms with van der Waals surface area (Å²) >= 11 is 1.29. The van der Waals surface area contributed by atoms with Crippen molar-refractivity contribution in [3.05, 3.63) is 70.4 Å². The first kappa shape index (κ1) is 20.4. The van der Waals surface area contributed by atoms with E-state index in [9.17, 15) is 9.18 Å². The van der Waals surface area contributed by atoms with Gasteiger partial charge in [-0.15, -0.1) is 0 Å². The van der Waals surface area contributed by atoms with Crippen molar-refractivity contribution in [1.29, 1.82) is 0 Å². The van der Waals surface area contributed by atoms with Crippen LogP contribution in [0.4, 0.5) is 15.8 Å². The molecule has 0 saturated carbocycles. The summed E-state index contributed by atoms with van der Waals surface area (Å²) in [5, 5.41) is 3.27. The third-order valence-electron chi connectivity index (χ3n) is 5.32. The van der Waals surface area contributed by atoms with Crippen LogP contribution in [0.25, 0.3) is 11.6 Å². The van der Waals surface area contributed by atoms with Crippen LogP contribution in [0.3, 0.4) is 0 Å². The summed E-state index contributed by atoms with van der Waals surface area (Å²) in [5.74, 6) is -0.494. The molecule has 1 saturated heterocycles. The highest BCUT2D eigenvalue weighted by atomic mass is 32.2. The van der Waals surface area contributed by atoms with E-state index in [1.807, 2.05) is 12.1 Å². The van der Waals surface area contributed by atoms with Crippen LogP contribution in [0.1, 0.15) is 38.8 Å². The van der Waals surface area contributed by atoms with Gasteiger partial charge in [0.2, 0.25) is 0 Å². The molecule has 2 aromatic carbocycles. The van der Waals surface area contributed by atoms with Gasteiger partial charge in [-0.1, -0.05) is 12.1 Å². The van der Waals surface area contributed by atoms with Gasteiger partial charge in [-0.25, -0.2) is 9.38 Å². The van der Waals surface area contributed by atoms with Crippen molar-refractivity contribution in [2.45, 2.75) is 33.2 Å². The van der Waals surface area contributed by atoms with E-state index >= 15 is 0 Å². The molecule has 4 nitrogen and oxygen atoms in total. The Morgan fingerprint density at radius 3 is 2.63 bits per heavy atom. The van der Waals surface area contributed by atoms with E-state index in [0.29, 0.717) is 15.8 Å². The number of benzene rings is 2. The molecule has 0 radical (unpaired) electrons. The number of aliphatic imine (C=N–C) groups is 1. The fourth-order valence-electron chi connectivity index (χ4n) is 4.03. The maximum Gasteiger partial charge on any atom is 0.264 e. The number of allylic oxidation sites excluding steroid dienone is 1. The Morgan fingerprint density at radius 2 is 1.93 bits per heavy atom. The van der Waals surface area contributed by atoms with Crippen molar-refractivity contribution >= 4 is 45.9 Å². The first-order chi connectivity index (χ1) is 14.3. The van der Waals surface area contributed by atoms with Gasteiger partial charge in [0.05, 0.1) is 16.1 Å². The molecule has 0 bridgehead atoms. The Labute approximate surface area is 180 Å². The molecule has 2 aromatic rings. The number of amides is 1. The number of halogens is 1. The van der Waals surface area contributed by atoms with Crippen LogP contribution in [0.2, 0.25) is 0 Å². The number of fused-ring (bicyclic) bond motifs is 1. The first-order valence-corrected chi connectivity index (χ1v) is 10.7. The average molecular weight is 422 g/mol. The maximum absolute atomic E-state index is 13.1. The molecule has 1 N–H and O–H groups in total. The molecule has 1 fully saturated rings. The lowest BCUT2D eigenvalue weighted by atomic mass is 9.88. The van der Waals surface area contributed by atoms with Crippen molar-refractivity contribution in [3.63, 3.8) is 0 Å². The Morgan fingerprint density at radius 1 is 1.20 bits per heavy atom. The molecule has 0 atom stereocenters. The smallest absolute Gasteiger partial charge is 0.264 e. The SMILES string of the molecule is CCN1c2ccc(/C=C3\SC(=Nc4ccc(F)cc4)NC3=O)cc2C(C)=CC1(C)C. The normalized spacial score (nSPS) is 20.4. The molecular formula is C24H24FN3OS. The number of carbonyl (C=O) groups excluding carboxylic acids is 1. The van der Waals surface area contributed by atoms with E-state index < -0.39 is 0 Å². The van der Waals surface area contributed by atoms with Crippen LogP contribution in [-0.2, 0) is 4.79 Å². The van der Waals surface area contributed by atoms with E-state index in [-0.39, 0.29) is 17.3 Å². The van der Waals surface area contributed by atoms with Gasteiger partial charge in [-0.3, -0.25) is 4.79 Å². The highest BCUT2D eigenvalue weighted by Gasteiger charge is 2.30. The van der Waals surface area contributed by atoms with E-state index in [2.05, 4.69) is 61.1 Å². The fourth-order valence-corrected chi connectivity index (χ4v) is 4.88. The minimum absolute atomic E-state index is 0.0290. The average Bonchev–Trinajstić information content (AvgIpc) is 3.02. The number of hydrogen-bond donors (Lipinski definition) is 1. The standard InChI is InChI=1S/C24H24FN3OS/c1-5-28-20-11-6-16(12-19(20)15(2)14-24(28,3)4)13-21-22(29)27-23(30-21)26-18-9-7-17(25)8-10-18/h6-14H,5H2,1-4H3,(H,26,27,29)/b21-13-. The van der Waals surface area contributed by atoms with Crippen LogP contribution in [0.15, 0.2) is 58.4 Å². The summed E-state index contributed by atoms with van der Waals surface area (Å²) in [5.41, 5.74) is 5.18. The third kappa shape index (κ3) is 3.92. The molecule has 0 unspecified atom stereocenters. The second-order valence-electron chi connectivity index (χ2n) is 7.96. The number of anilines is 1. The van der Waals surface area contributed by atoms with Gasteiger partial charge in [0.1, 0.15) is 5.82 Å². The number of nitrogens with one attached hydrogen (secondary N) is 1. The van der Waals surface area contributed by atoms with Crippen LogP contribution in [0, 0.1) is 5.82 Å². The highest BCUT2D eigenvalue weighted by molar-refractivity contribution is 8.18. The molecule has 0 spiro atoms. The lowest BCUT2D eigenvalue weighted by molar-refractivity contribution is -0.115. The molecule has 30 heavy (non-hydrogen) atoms. The minimum Gasteiger partial charge on any atom is -0.363 e. The Kier molecular flexibility index (Phi) is 5.28. The summed E-state index contributed by atoms with van der Waals surface area (Å²) in [7, 11) is 0. The van der Waals surface area contributed by atoms with Crippen LogP contribution >= 0.6 is 11.8 Å². The largest absolute Gasteiger partial charge is 0.363 e. The monoisotopic (exact) mass is 421 g/mol. The second-order valence-corrected chi connectivity index (χ2v) is 8.99. The van der Waals surface area contributed by atoms with Crippen LogP contribution in [-0.4, -0.2) is 23.2 Å². The second kappa shape index (κ2) is 7.76. The zero-order valence-corrected chi connectivity index (χ0v) is 18.3. The van der Waals surface area contributed by atoms with E-state index in [4.69, 9.17) is 0 Å². The van der Waals surface area contributed by atoms with E-state index in [1.165, 1.54) is 40.7 Å². The lowest BCUT2D eigenvalue weighted by Crippen LogP contribution is -2.44. The molecular weight excluding hydrogens is 397 g/mol. The van der Waals surface area contributed by atoms with Gasteiger partial charge >= 0.3 is 0 Å². The molecule has 1 amide bonds. The van der Waals surface area contributed by atoms with Gasteiger partial charge in [-0.05, 0) is 93.1 Å². The Hall–Kier alpha value is -2.86. The minimum atomic E-state index is -0.315. The number of rotatable bonds is 3. The molecule has 0 aromatic heterocycles. The molecule has 0 aliphatic carbocycles. The van der Waals surface area contributed by atoms with Crippen molar-refractivity contribution < 1.29 is 9.18 Å². The van der Waals surface area contributed by atoms with Crippen molar-refractivity contribution in [2.75, 3.05) is 11.4 Å². The summed E-state index contributed by atoms with van der Waals surface area (Å²) in [6.07, 6.45) is 4.18. The quantitative estimate of drug-likeness (QED) is 0.643. The predicted octanol–water partition coefficient (Wildman–Crippen LogP) is 5.74. The van der Waals surface area contributed by atoms with Crippen LogP contribution in [0.5, 0.6) is 0 Å². The summed E-state index contributed by atoms with van der Waals surface area (Å²) < 4.78 is 13.1. The van der Waals surface area contributed by atoms with Crippen molar-refractivity contribution in [3.8, 4) is 0 Å². The van der Waals surface area contributed by atoms with Crippen LogP contribution < -0.4 is 10.2 Å². The number of hydrogen-bond acceptors (Lipinski definition) is 4. The summed E-state index contributed by atoms with van der Waals surface area (Å²) in [6, 6.07) is 12.2. The lowest BCUT2D eigenvalue weighted by Gasteiger charge is -2.42. The maximum atomic E-state index is 13.1. The zero-order valence-electron chi connectivity index (χ0n) is 17.5. The van der Waals surface area contributed by atoms with Crippen molar-refractivity contribution in [1.82, 2.24) is 5.32 Å². The zero-order chi connectivity index (χ0) is 21.5. The Balaban J connectivity index is 1.62. The summed E-state index contributed by atoms with van der Waals surface area (Å²) in [6.45, 7) is 9.67. The highest BCUT2D eigenvalue weighted by Crippen LogP contribution is 2.39. The Bertz CT molecular complexity index is 1100. The predicted molar refractivity (Wildman–Crippen MR) is 124 cm³/mol. The molecule has 6 heteroatoms. The molecule has 2 aliphatic heterocycles. The topological polar surface area (TPSA) is 44.7 Å². The molecule has 2 heterocycles. The van der Waals surface area contributed by atoms with Gasteiger partial charge in [0.15, 0.2) is 5.17 Å². The fraction of sp³-hybridized carbons (Fsp3) is 0.250. The summed E-state index contributed by atoms with van der Waals surface area (Å²) in [4.78, 5) is 19.8. The van der Waals surface area contributed by atoms with Gasteiger partial charge < -0.3 is 10.2 Å². The first-order valence-electron chi connectivity index (χ1n) is 9.93. The number of thioether (sulfide) groups is 1. The number of amidine groups is 1. The number of carbonyl (C=O) groups is 1. The van der Waals surface area contributed by atoms with Gasteiger partial charge in [0.25, 0.3) is 5.91 Å². The molecule has 2 aliphatic rings. The van der Waals surface area contributed by atoms with Gasteiger partial charge in [0, 0.05) is 17.8 Å². The van der Waals surface area contributed by atoms with Crippen molar-refractivity contribution in [2.24, 2.45) is 4.99 Å². The number of likely N-dealkylation sites (N-methyl/N-ethyl adjacent to an activating group) is 1. The van der Waals surface area contributed by atoms with Gasteiger partial charge in [-0.2, -0.15) is 0 Å². The van der Waals surface area contributed by atoms with E-state index in [0.717, 1.165) is 12.1 Å². The third-order valence-corrected chi connectivity index (χ3v) is 6.23. The van der Waals surface area contributed by atoms with E-state index in [1.54, 1.807) is 12.1 Å². The number of nitrogens with zero attached hydrogens (tertiary/aromatic N) is 2. The molecule has 154 valence electrons. The molecule has 4 rings (SSSR count).